The molecule has 1 heterocycles. The molecule has 0 spiro atoms. The summed E-state index contributed by atoms with van der Waals surface area (Å²) in [6, 6.07) is 10.6. The molecule has 3 heteroatoms. The van der Waals surface area contributed by atoms with Crippen molar-refractivity contribution >= 4 is 11.3 Å². The predicted octanol–water partition coefficient (Wildman–Crippen LogP) is 4.58. The van der Waals surface area contributed by atoms with Crippen molar-refractivity contribution in [2.75, 3.05) is 6.54 Å². The monoisotopic (exact) mass is 286 g/mol. The highest BCUT2D eigenvalue weighted by molar-refractivity contribution is 7.15. The van der Waals surface area contributed by atoms with Gasteiger partial charge in [-0.3, -0.25) is 0 Å². The van der Waals surface area contributed by atoms with Crippen molar-refractivity contribution in [3.05, 3.63) is 40.9 Å². The van der Waals surface area contributed by atoms with Crippen LogP contribution < -0.4 is 5.32 Å². The van der Waals surface area contributed by atoms with Crippen LogP contribution >= 0.6 is 11.3 Å². The van der Waals surface area contributed by atoms with Gasteiger partial charge in [0.1, 0.15) is 5.01 Å². The van der Waals surface area contributed by atoms with Gasteiger partial charge in [0.05, 0.1) is 5.69 Å². The van der Waals surface area contributed by atoms with Crippen LogP contribution in [0.1, 0.15) is 49.1 Å². The van der Waals surface area contributed by atoms with E-state index in [4.69, 9.17) is 4.98 Å². The van der Waals surface area contributed by atoms with E-state index in [0.717, 1.165) is 19.0 Å². The molecular formula is C17H22N2S. The van der Waals surface area contributed by atoms with Gasteiger partial charge >= 0.3 is 0 Å². The Kier molecular flexibility index (Phi) is 4.48. The van der Waals surface area contributed by atoms with Crippen LogP contribution in [0.15, 0.2) is 30.3 Å². The predicted molar refractivity (Wildman–Crippen MR) is 86.1 cm³/mol. The molecule has 0 radical (unpaired) electrons. The van der Waals surface area contributed by atoms with E-state index in [-0.39, 0.29) is 0 Å². The van der Waals surface area contributed by atoms with E-state index in [1.165, 1.54) is 46.8 Å². The third-order valence-electron chi connectivity index (χ3n) is 3.71. The van der Waals surface area contributed by atoms with Crippen LogP contribution in [-0.4, -0.2) is 11.5 Å². The third kappa shape index (κ3) is 3.28. The first-order valence-electron chi connectivity index (χ1n) is 7.64. The Bertz CT molecular complexity index is 543. The molecule has 0 atom stereocenters. The number of hydrogen-bond donors (Lipinski definition) is 1. The van der Waals surface area contributed by atoms with Gasteiger partial charge in [-0.2, -0.15) is 0 Å². The van der Waals surface area contributed by atoms with Gasteiger partial charge in [0.15, 0.2) is 0 Å². The maximum Gasteiger partial charge on any atom is 0.123 e. The first kappa shape index (κ1) is 13.8. The highest BCUT2D eigenvalue weighted by atomic mass is 32.1. The Balaban J connectivity index is 1.76. The molecule has 2 aromatic rings. The van der Waals surface area contributed by atoms with Crippen LogP contribution in [0, 0.1) is 0 Å². The topological polar surface area (TPSA) is 24.9 Å². The minimum atomic E-state index is 0.728. The zero-order valence-electron chi connectivity index (χ0n) is 12.1. The molecule has 1 aliphatic rings. The number of unbranched alkanes of at least 4 members (excludes halogenated alkanes) is 1. The fraction of sp³-hybridized carbons (Fsp3) is 0.471. The van der Waals surface area contributed by atoms with Crippen molar-refractivity contribution in [2.24, 2.45) is 0 Å². The van der Waals surface area contributed by atoms with Gasteiger partial charge in [-0.05, 0) is 25.8 Å². The second kappa shape index (κ2) is 6.51. The first-order chi connectivity index (χ1) is 9.88. The van der Waals surface area contributed by atoms with Crippen molar-refractivity contribution in [3.63, 3.8) is 0 Å². The molecule has 106 valence electrons. The van der Waals surface area contributed by atoms with Crippen molar-refractivity contribution < 1.29 is 0 Å². The van der Waals surface area contributed by atoms with Crippen molar-refractivity contribution in [1.82, 2.24) is 10.3 Å². The molecule has 2 nitrogen and oxygen atoms in total. The fourth-order valence-electron chi connectivity index (χ4n) is 2.37. The maximum atomic E-state index is 4.92. The molecule has 1 N–H and O–H groups in total. The average Bonchev–Trinajstić information content (AvgIpc) is 3.25. The lowest BCUT2D eigenvalue weighted by Gasteiger charge is -2.03. The maximum absolute atomic E-state index is 4.92. The van der Waals surface area contributed by atoms with Crippen molar-refractivity contribution in [3.8, 4) is 10.6 Å². The molecule has 20 heavy (non-hydrogen) atoms. The van der Waals surface area contributed by atoms with Crippen LogP contribution in [-0.2, 0) is 6.54 Å². The zero-order valence-corrected chi connectivity index (χ0v) is 12.9. The van der Waals surface area contributed by atoms with Crippen LogP contribution in [0.25, 0.3) is 10.6 Å². The van der Waals surface area contributed by atoms with E-state index >= 15 is 0 Å². The normalized spacial score (nSPS) is 14.7. The van der Waals surface area contributed by atoms with Crippen molar-refractivity contribution in [2.45, 2.75) is 45.1 Å². The van der Waals surface area contributed by atoms with E-state index in [0.29, 0.717) is 0 Å². The molecular weight excluding hydrogens is 264 g/mol. The molecule has 0 unspecified atom stereocenters. The minimum absolute atomic E-state index is 0.728. The zero-order chi connectivity index (χ0) is 13.8. The SMILES string of the molecule is CCCCNCc1sc(-c2ccccc2)nc1C1CC1. The highest BCUT2D eigenvalue weighted by Crippen LogP contribution is 2.44. The van der Waals surface area contributed by atoms with E-state index in [9.17, 15) is 0 Å². The van der Waals surface area contributed by atoms with Gasteiger partial charge in [-0.25, -0.2) is 4.98 Å². The lowest BCUT2D eigenvalue weighted by atomic mass is 10.2. The Labute approximate surface area is 125 Å². The minimum Gasteiger partial charge on any atom is -0.312 e. The number of thiazole rings is 1. The average molecular weight is 286 g/mol. The van der Waals surface area contributed by atoms with E-state index < -0.39 is 0 Å². The summed E-state index contributed by atoms with van der Waals surface area (Å²) in [5.74, 6) is 0.728. The summed E-state index contributed by atoms with van der Waals surface area (Å²) in [7, 11) is 0. The Morgan fingerprint density at radius 3 is 2.75 bits per heavy atom. The summed E-state index contributed by atoms with van der Waals surface area (Å²) in [6.07, 6.45) is 5.14. The van der Waals surface area contributed by atoms with Gasteiger partial charge in [0.2, 0.25) is 0 Å². The number of hydrogen-bond acceptors (Lipinski definition) is 3. The number of aromatic nitrogens is 1. The molecule has 0 saturated heterocycles. The van der Waals surface area contributed by atoms with E-state index in [1.54, 1.807) is 0 Å². The number of nitrogens with one attached hydrogen (secondary N) is 1. The second-order valence-corrected chi connectivity index (χ2v) is 6.58. The van der Waals surface area contributed by atoms with E-state index in [1.807, 2.05) is 11.3 Å². The second-order valence-electron chi connectivity index (χ2n) is 5.50. The van der Waals surface area contributed by atoms with Gasteiger partial charge < -0.3 is 5.32 Å². The van der Waals surface area contributed by atoms with Crippen LogP contribution in [0.2, 0.25) is 0 Å². The van der Waals surface area contributed by atoms with Gasteiger partial charge in [0.25, 0.3) is 0 Å². The molecule has 0 bridgehead atoms. The fourth-order valence-corrected chi connectivity index (χ4v) is 3.50. The summed E-state index contributed by atoms with van der Waals surface area (Å²) in [4.78, 5) is 6.37. The largest absolute Gasteiger partial charge is 0.312 e. The van der Waals surface area contributed by atoms with Crippen LogP contribution in [0.4, 0.5) is 0 Å². The van der Waals surface area contributed by atoms with E-state index in [2.05, 4.69) is 42.6 Å². The summed E-state index contributed by atoms with van der Waals surface area (Å²) < 4.78 is 0. The highest BCUT2D eigenvalue weighted by Gasteiger charge is 2.29. The molecule has 1 fully saturated rings. The summed E-state index contributed by atoms with van der Waals surface area (Å²) in [5, 5.41) is 4.74. The standard InChI is InChI=1S/C17H22N2S/c1-2-3-11-18-12-15-16(13-9-10-13)19-17(20-15)14-7-5-4-6-8-14/h4-8,13,18H,2-3,9-12H2,1H3. The number of benzene rings is 1. The van der Waals surface area contributed by atoms with Crippen molar-refractivity contribution in [1.29, 1.82) is 0 Å². The third-order valence-corrected chi connectivity index (χ3v) is 4.83. The number of rotatable bonds is 7. The van der Waals surface area contributed by atoms with Gasteiger partial charge in [-0.1, -0.05) is 43.7 Å². The molecule has 0 amide bonds. The van der Waals surface area contributed by atoms with Crippen LogP contribution in [0.5, 0.6) is 0 Å². The quantitative estimate of drug-likeness (QED) is 0.754. The lowest BCUT2D eigenvalue weighted by molar-refractivity contribution is 0.642. The summed E-state index contributed by atoms with van der Waals surface area (Å²) in [5.41, 5.74) is 2.61. The molecule has 1 aromatic heterocycles. The summed E-state index contributed by atoms with van der Waals surface area (Å²) in [6.45, 7) is 4.33. The Hall–Kier alpha value is -1.19. The Morgan fingerprint density at radius 2 is 2.05 bits per heavy atom. The first-order valence-corrected chi connectivity index (χ1v) is 8.46. The number of nitrogens with zero attached hydrogens (tertiary/aromatic N) is 1. The van der Waals surface area contributed by atoms with Crippen LogP contribution in [0.3, 0.4) is 0 Å². The molecule has 3 rings (SSSR count). The molecule has 1 aliphatic carbocycles. The molecule has 0 aliphatic heterocycles. The Morgan fingerprint density at radius 1 is 1.25 bits per heavy atom. The molecule has 1 aromatic carbocycles. The van der Waals surface area contributed by atoms with Gasteiger partial charge in [0, 0.05) is 22.9 Å². The van der Waals surface area contributed by atoms with Gasteiger partial charge in [-0.15, -0.1) is 11.3 Å². The summed E-state index contributed by atoms with van der Waals surface area (Å²) >= 11 is 1.87. The smallest absolute Gasteiger partial charge is 0.123 e. The lowest BCUT2D eigenvalue weighted by Crippen LogP contribution is -2.14. The molecule has 1 saturated carbocycles.